The van der Waals surface area contributed by atoms with E-state index in [4.69, 9.17) is 0 Å². The number of carbonyl (C=O) groups excluding carboxylic acids is 1. The minimum absolute atomic E-state index is 0. The third kappa shape index (κ3) is 4.66. The maximum Gasteiger partial charge on any atom is 0.243 e. The summed E-state index contributed by atoms with van der Waals surface area (Å²) in [5.41, 5.74) is 0.555. The number of hydrogen-bond donors (Lipinski definition) is 2. The number of amides is 1. The summed E-state index contributed by atoms with van der Waals surface area (Å²) >= 11 is 3.30. The lowest BCUT2D eigenvalue weighted by molar-refractivity contribution is -0.114. The monoisotopic (exact) mass is 411 g/mol. The highest BCUT2D eigenvalue weighted by Gasteiger charge is 2.25. The molecule has 22 heavy (non-hydrogen) atoms. The summed E-state index contributed by atoms with van der Waals surface area (Å²) in [5, 5.41) is 5.82. The van der Waals surface area contributed by atoms with E-state index in [0.717, 1.165) is 13.0 Å². The summed E-state index contributed by atoms with van der Waals surface area (Å²) in [5.74, 6) is -0.204. The molecule has 0 aliphatic carbocycles. The zero-order valence-electron chi connectivity index (χ0n) is 12.1. The lowest BCUT2D eigenvalue weighted by atomic mass is 10.3. The van der Waals surface area contributed by atoms with Crippen LogP contribution >= 0.6 is 28.3 Å². The molecule has 1 aromatic carbocycles. The van der Waals surface area contributed by atoms with Crippen LogP contribution in [0.4, 0.5) is 5.69 Å². The van der Waals surface area contributed by atoms with Gasteiger partial charge in [0.15, 0.2) is 0 Å². The molecule has 1 aromatic rings. The first kappa shape index (κ1) is 19.4. The van der Waals surface area contributed by atoms with E-state index in [2.05, 4.69) is 26.6 Å². The van der Waals surface area contributed by atoms with Crippen LogP contribution in [-0.4, -0.2) is 44.8 Å². The van der Waals surface area contributed by atoms with Crippen molar-refractivity contribution in [3.05, 3.63) is 22.7 Å². The van der Waals surface area contributed by atoms with Crippen molar-refractivity contribution in [3.63, 3.8) is 0 Å². The topological polar surface area (TPSA) is 78.5 Å². The van der Waals surface area contributed by atoms with Crippen LogP contribution in [0.15, 0.2) is 27.6 Å². The first-order valence-electron chi connectivity index (χ1n) is 6.69. The Bertz CT molecular complexity index is 631. The quantitative estimate of drug-likeness (QED) is 0.794. The van der Waals surface area contributed by atoms with E-state index < -0.39 is 10.0 Å². The molecule has 0 radical (unpaired) electrons. The van der Waals surface area contributed by atoms with Crippen LogP contribution in [0.25, 0.3) is 0 Å². The highest BCUT2D eigenvalue weighted by Crippen LogP contribution is 2.27. The Labute approximate surface area is 145 Å². The number of benzene rings is 1. The largest absolute Gasteiger partial charge is 0.325 e. The molecule has 1 saturated heterocycles. The van der Waals surface area contributed by atoms with Gasteiger partial charge in [-0.25, -0.2) is 8.42 Å². The number of sulfonamides is 1. The predicted octanol–water partition coefficient (Wildman–Crippen LogP) is 1.81. The van der Waals surface area contributed by atoms with E-state index in [0.29, 0.717) is 29.8 Å². The molecule has 1 aliphatic heterocycles. The van der Waals surface area contributed by atoms with Gasteiger partial charge in [-0.2, -0.15) is 4.31 Å². The number of rotatable bonds is 3. The number of hydrogen-bond acceptors (Lipinski definition) is 4. The van der Waals surface area contributed by atoms with E-state index in [1.165, 1.54) is 23.4 Å². The fraction of sp³-hybridized carbons (Fsp3) is 0.462. The highest BCUT2D eigenvalue weighted by atomic mass is 79.9. The first-order valence-corrected chi connectivity index (χ1v) is 8.92. The van der Waals surface area contributed by atoms with Gasteiger partial charge >= 0.3 is 0 Å². The number of nitrogens with one attached hydrogen (secondary N) is 2. The molecule has 1 amide bonds. The van der Waals surface area contributed by atoms with Crippen molar-refractivity contribution in [1.29, 1.82) is 0 Å². The van der Waals surface area contributed by atoms with Crippen molar-refractivity contribution in [1.82, 2.24) is 9.62 Å². The number of anilines is 1. The van der Waals surface area contributed by atoms with Gasteiger partial charge in [0, 0.05) is 31.0 Å². The Morgan fingerprint density at radius 2 is 2.05 bits per heavy atom. The zero-order valence-corrected chi connectivity index (χ0v) is 15.4. The zero-order chi connectivity index (χ0) is 15.5. The third-order valence-corrected chi connectivity index (χ3v) is 5.74. The summed E-state index contributed by atoms with van der Waals surface area (Å²) in [4.78, 5) is 11.3. The average molecular weight is 413 g/mol. The summed E-state index contributed by atoms with van der Waals surface area (Å²) in [6.07, 6.45) is 0.796. The van der Waals surface area contributed by atoms with E-state index in [-0.39, 0.29) is 23.2 Å². The predicted molar refractivity (Wildman–Crippen MR) is 91.9 cm³/mol. The fourth-order valence-corrected chi connectivity index (χ4v) is 4.29. The van der Waals surface area contributed by atoms with Gasteiger partial charge in [0.1, 0.15) is 0 Å². The van der Waals surface area contributed by atoms with Gasteiger partial charge in [-0.1, -0.05) is 0 Å². The Balaban J connectivity index is 0.00000242. The van der Waals surface area contributed by atoms with E-state index in [1.54, 1.807) is 6.07 Å². The molecule has 2 N–H and O–H groups in total. The summed E-state index contributed by atoms with van der Waals surface area (Å²) < 4.78 is 27.3. The van der Waals surface area contributed by atoms with Crippen LogP contribution in [-0.2, 0) is 14.8 Å². The smallest absolute Gasteiger partial charge is 0.243 e. The van der Waals surface area contributed by atoms with Crippen molar-refractivity contribution < 1.29 is 13.2 Å². The molecule has 0 unspecified atom stereocenters. The van der Waals surface area contributed by atoms with Crippen molar-refractivity contribution in [2.45, 2.75) is 18.2 Å². The Morgan fingerprint density at radius 3 is 2.68 bits per heavy atom. The molecule has 0 spiro atoms. The molecule has 0 atom stereocenters. The lowest BCUT2D eigenvalue weighted by Crippen LogP contribution is -2.34. The van der Waals surface area contributed by atoms with Crippen molar-refractivity contribution in [2.75, 3.05) is 31.5 Å². The average Bonchev–Trinajstić information content (AvgIpc) is 2.69. The fourth-order valence-electron chi connectivity index (χ4n) is 2.16. The summed E-state index contributed by atoms with van der Waals surface area (Å²) in [6, 6.07) is 4.64. The van der Waals surface area contributed by atoms with E-state index in [1.807, 2.05) is 0 Å². The molecular weight excluding hydrogens is 394 g/mol. The molecule has 0 saturated carbocycles. The summed E-state index contributed by atoms with van der Waals surface area (Å²) in [6.45, 7) is 3.87. The maximum atomic E-state index is 12.6. The van der Waals surface area contributed by atoms with Gasteiger partial charge in [-0.15, -0.1) is 12.4 Å². The Kier molecular flexibility index (Phi) is 7.27. The SMILES string of the molecule is CC(=O)Nc1ccc(S(=O)(=O)N2CCCNCC2)cc1Br.Cl. The third-order valence-electron chi connectivity index (χ3n) is 3.19. The van der Waals surface area contributed by atoms with Crippen LogP contribution in [0.5, 0.6) is 0 Å². The van der Waals surface area contributed by atoms with Gasteiger partial charge in [0.2, 0.25) is 15.9 Å². The van der Waals surface area contributed by atoms with Crippen molar-refractivity contribution in [2.24, 2.45) is 0 Å². The normalized spacial score (nSPS) is 16.5. The molecule has 6 nitrogen and oxygen atoms in total. The summed E-state index contributed by atoms with van der Waals surface area (Å²) in [7, 11) is -3.50. The standard InChI is InChI=1S/C13H18BrN3O3S.ClH/c1-10(18)16-13-4-3-11(9-12(13)14)21(19,20)17-7-2-5-15-6-8-17;/h3-4,9,15H,2,5-8H2,1H3,(H,16,18);1H. The number of nitrogens with zero attached hydrogens (tertiary/aromatic N) is 1. The first-order chi connectivity index (χ1) is 9.91. The van der Waals surface area contributed by atoms with Gasteiger partial charge < -0.3 is 10.6 Å². The Morgan fingerprint density at radius 1 is 1.32 bits per heavy atom. The van der Waals surface area contributed by atoms with Crippen LogP contribution in [0.1, 0.15) is 13.3 Å². The molecule has 124 valence electrons. The van der Waals surface area contributed by atoms with Gasteiger partial charge in [-0.05, 0) is 47.1 Å². The van der Waals surface area contributed by atoms with Crippen LogP contribution < -0.4 is 10.6 Å². The molecule has 2 rings (SSSR count). The molecule has 1 aliphatic rings. The minimum Gasteiger partial charge on any atom is -0.325 e. The molecule has 1 fully saturated rings. The van der Waals surface area contributed by atoms with Gasteiger partial charge in [-0.3, -0.25) is 4.79 Å². The van der Waals surface area contributed by atoms with Gasteiger partial charge in [0.25, 0.3) is 0 Å². The lowest BCUT2D eigenvalue weighted by Gasteiger charge is -2.20. The second kappa shape index (κ2) is 8.26. The maximum absolute atomic E-state index is 12.6. The number of halogens is 2. The molecule has 0 aromatic heterocycles. The van der Waals surface area contributed by atoms with E-state index >= 15 is 0 Å². The van der Waals surface area contributed by atoms with Crippen LogP contribution in [0.2, 0.25) is 0 Å². The molecule has 0 bridgehead atoms. The molecular formula is C13H19BrClN3O3S. The minimum atomic E-state index is -3.50. The van der Waals surface area contributed by atoms with Crippen LogP contribution in [0.3, 0.4) is 0 Å². The molecule has 1 heterocycles. The second-order valence-electron chi connectivity index (χ2n) is 4.83. The Hall–Kier alpha value is -0.670. The van der Waals surface area contributed by atoms with Gasteiger partial charge in [0.05, 0.1) is 10.6 Å². The van der Waals surface area contributed by atoms with Crippen molar-refractivity contribution in [3.8, 4) is 0 Å². The van der Waals surface area contributed by atoms with E-state index in [9.17, 15) is 13.2 Å². The molecule has 9 heteroatoms. The second-order valence-corrected chi connectivity index (χ2v) is 7.62. The highest BCUT2D eigenvalue weighted by molar-refractivity contribution is 9.10. The number of carbonyl (C=O) groups is 1. The van der Waals surface area contributed by atoms with Crippen LogP contribution in [0, 0.1) is 0 Å². The van der Waals surface area contributed by atoms with Crippen molar-refractivity contribution >= 4 is 50.0 Å².